The number of carbonyl (C=O) groups excluding carboxylic acids is 1. The molecule has 2 rings (SSSR count). The molecule has 1 amide bonds. The van der Waals surface area contributed by atoms with Gasteiger partial charge in [0.2, 0.25) is 0 Å². The topological polar surface area (TPSA) is 55.1 Å². The summed E-state index contributed by atoms with van der Waals surface area (Å²) >= 11 is 1.94. The van der Waals surface area contributed by atoms with Crippen LogP contribution >= 0.6 is 22.6 Å². The first-order valence-electron chi connectivity index (χ1n) is 5.64. The van der Waals surface area contributed by atoms with Gasteiger partial charge < -0.3 is 11.1 Å². The van der Waals surface area contributed by atoms with E-state index in [4.69, 9.17) is 5.73 Å². The number of hydrogen-bond donors (Lipinski definition) is 2. The second kappa shape index (κ2) is 6.01. The van der Waals surface area contributed by atoms with Crippen molar-refractivity contribution in [3.05, 3.63) is 63.0 Å². The summed E-state index contributed by atoms with van der Waals surface area (Å²) in [4.78, 5) is 12.0. The average molecular weight is 370 g/mol. The van der Waals surface area contributed by atoms with Crippen molar-refractivity contribution in [3.8, 4) is 0 Å². The lowest BCUT2D eigenvalue weighted by atomic mass is 10.2. The number of amides is 1. The summed E-state index contributed by atoms with van der Waals surface area (Å²) in [6.45, 7) is 0.386. The van der Waals surface area contributed by atoms with Gasteiger partial charge in [-0.25, -0.2) is 4.39 Å². The van der Waals surface area contributed by atoms with E-state index >= 15 is 0 Å². The molecular weight excluding hydrogens is 358 g/mol. The van der Waals surface area contributed by atoms with Gasteiger partial charge in [-0.3, -0.25) is 4.79 Å². The maximum absolute atomic E-state index is 13.0. The van der Waals surface area contributed by atoms with Crippen molar-refractivity contribution in [1.82, 2.24) is 5.32 Å². The van der Waals surface area contributed by atoms with Crippen molar-refractivity contribution >= 4 is 34.2 Å². The predicted molar refractivity (Wildman–Crippen MR) is 81.1 cm³/mol. The Labute approximate surface area is 124 Å². The van der Waals surface area contributed by atoms with Crippen LogP contribution in [0.1, 0.15) is 15.9 Å². The van der Waals surface area contributed by atoms with Gasteiger partial charge in [0.25, 0.3) is 5.91 Å². The minimum absolute atomic E-state index is 0.230. The summed E-state index contributed by atoms with van der Waals surface area (Å²) in [5, 5.41) is 2.78. The highest BCUT2D eigenvalue weighted by atomic mass is 127. The van der Waals surface area contributed by atoms with Crippen LogP contribution in [0.3, 0.4) is 0 Å². The number of hydrogen-bond acceptors (Lipinski definition) is 2. The fourth-order valence-corrected chi connectivity index (χ4v) is 2.38. The van der Waals surface area contributed by atoms with Crippen molar-refractivity contribution in [1.29, 1.82) is 0 Å². The number of anilines is 1. The smallest absolute Gasteiger partial charge is 0.252 e. The molecule has 0 fully saturated rings. The van der Waals surface area contributed by atoms with E-state index in [2.05, 4.69) is 5.32 Å². The molecular formula is C14H12FIN2O. The lowest BCUT2D eigenvalue weighted by Gasteiger charge is -2.07. The van der Waals surface area contributed by atoms with Crippen molar-refractivity contribution in [2.24, 2.45) is 0 Å². The first-order valence-corrected chi connectivity index (χ1v) is 6.72. The third kappa shape index (κ3) is 3.66. The highest BCUT2D eigenvalue weighted by Crippen LogP contribution is 2.14. The summed E-state index contributed by atoms with van der Waals surface area (Å²) in [6.07, 6.45) is 0. The first kappa shape index (κ1) is 13.8. The van der Waals surface area contributed by atoms with Crippen molar-refractivity contribution in [2.45, 2.75) is 6.54 Å². The van der Waals surface area contributed by atoms with Gasteiger partial charge in [-0.05, 0) is 58.5 Å². The van der Waals surface area contributed by atoms with E-state index in [9.17, 15) is 9.18 Å². The van der Waals surface area contributed by atoms with Gasteiger partial charge in [-0.2, -0.15) is 0 Å². The first-order chi connectivity index (χ1) is 9.06. The molecule has 3 N–H and O–H groups in total. The van der Waals surface area contributed by atoms with E-state index in [1.54, 1.807) is 12.1 Å². The largest absolute Gasteiger partial charge is 0.399 e. The normalized spacial score (nSPS) is 10.2. The maximum atomic E-state index is 13.0. The van der Waals surface area contributed by atoms with Crippen LogP contribution in [0.25, 0.3) is 0 Å². The molecule has 2 aromatic rings. The number of nitrogen functional groups attached to an aromatic ring is 1. The fourth-order valence-electron chi connectivity index (χ4n) is 1.65. The Kier molecular flexibility index (Phi) is 4.36. The van der Waals surface area contributed by atoms with Crippen LogP contribution < -0.4 is 11.1 Å². The van der Waals surface area contributed by atoms with Crippen LogP contribution in [0.2, 0.25) is 0 Å². The predicted octanol–water partition coefficient (Wildman–Crippen LogP) is 2.94. The van der Waals surface area contributed by atoms with Crippen LogP contribution in [0.4, 0.5) is 10.1 Å². The van der Waals surface area contributed by atoms with Gasteiger partial charge in [0.1, 0.15) is 5.82 Å². The van der Waals surface area contributed by atoms with E-state index in [0.717, 1.165) is 5.56 Å². The summed E-state index contributed by atoms with van der Waals surface area (Å²) in [5.41, 5.74) is 7.70. The molecule has 0 unspecified atom stereocenters. The molecule has 0 bridgehead atoms. The summed E-state index contributed by atoms with van der Waals surface area (Å²) in [6, 6.07) is 11.4. The molecule has 0 aliphatic heterocycles. The van der Waals surface area contributed by atoms with Crippen LogP contribution in [0.15, 0.2) is 42.5 Å². The van der Waals surface area contributed by atoms with Gasteiger partial charge in [0.15, 0.2) is 0 Å². The molecule has 3 nitrogen and oxygen atoms in total. The highest BCUT2D eigenvalue weighted by Gasteiger charge is 2.10. The monoisotopic (exact) mass is 370 g/mol. The zero-order chi connectivity index (χ0) is 13.8. The zero-order valence-corrected chi connectivity index (χ0v) is 12.1. The molecule has 0 radical (unpaired) electrons. The van der Waals surface area contributed by atoms with Gasteiger partial charge in [-0.15, -0.1) is 0 Å². The Morgan fingerprint density at radius 2 is 2.05 bits per heavy atom. The Morgan fingerprint density at radius 3 is 2.74 bits per heavy atom. The van der Waals surface area contributed by atoms with Gasteiger partial charge >= 0.3 is 0 Å². The lowest BCUT2D eigenvalue weighted by molar-refractivity contribution is 0.0950. The van der Waals surface area contributed by atoms with Crippen LogP contribution in [0, 0.1) is 9.39 Å². The molecule has 0 saturated carbocycles. The SMILES string of the molecule is Nc1cccc(CNC(=O)c2ccc(F)cc2I)c1. The third-order valence-corrected chi connectivity index (χ3v) is 3.47. The van der Waals surface area contributed by atoms with Crippen molar-refractivity contribution in [2.75, 3.05) is 5.73 Å². The molecule has 5 heteroatoms. The van der Waals surface area contributed by atoms with E-state index in [1.807, 2.05) is 34.7 Å². The number of nitrogens with one attached hydrogen (secondary N) is 1. The average Bonchev–Trinajstić information content (AvgIpc) is 2.36. The van der Waals surface area contributed by atoms with Crippen LogP contribution in [0.5, 0.6) is 0 Å². The molecule has 0 heterocycles. The molecule has 0 saturated heterocycles. The van der Waals surface area contributed by atoms with Crippen LogP contribution in [-0.4, -0.2) is 5.91 Å². The Morgan fingerprint density at radius 1 is 1.26 bits per heavy atom. The third-order valence-electron chi connectivity index (χ3n) is 2.58. The van der Waals surface area contributed by atoms with E-state index in [0.29, 0.717) is 21.4 Å². The Hall–Kier alpha value is -1.63. The minimum Gasteiger partial charge on any atom is -0.399 e. The molecule has 2 aromatic carbocycles. The highest BCUT2D eigenvalue weighted by molar-refractivity contribution is 14.1. The number of halogens is 2. The van der Waals surface area contributed by atoms with E-state index in [1.165, 1.54) is 18.2 Å². The second-order valence-corrected chi connectivity index (χ2v) is 5.21. The molecule has 0 spiro atoms. The quantitative estimate of drug-likeness (QED) is 0.645. The molecule has 19 heavy (non-hydrogen) atoms. The number of benzene rings is 2. The molecule has 0 aliphatic rings. The van der Waals surface area contributed by atoms with Gasteiger partial charge in [0.05, 0.1) is 5.56 Å². The number of carbonyl (C=O) groups is 1. The summed E-state index contributed by atoms with van der Waals surface area (Å²) in [5.74, 6) is -0.580. The molecule has 98 valence electrons. The molecule has 0 atom stereocenters. The van der Waals surface area contributed by atoms with Gasteiger partial charge in [-0.1, -0.05) is 12.1 Å². The fraction of sp³-hybridized carbons (Fsp3) is 0.0714. The Balaban J connectivity index is 2.05. The number of rotatable bonds is 3. The van der Waals surface area contributed by atoms with Crippen molar-refractivity contribution in [3.63, 3.8) is 0 Å². The van der Waals surface area contributed by atoms with Crippen LogP contribution in [-0.2, 0) is 6.54 Å². The standard InChI is InChI=1S/C14H12FIN2O/c15-10-4-5-12(13(16)7-10)14(19)18-8-9-2-1-3-11(17)6-9/h1-7H,8,17H2,(H,18,19). The minimum atomic E-state index is -0.350. The summed E-state index contributed by atoms with van der Waals surface area (Å²) in [7, 11) is 0. The Bertz CT molecular complexity index is 616. The molecule has 0 aliphatic carbocycles. The summed E-state index contributed by atoms with van der Waals surface area (Å²) < 4.78 is 13.5. The number of nitrogens with two attached hydrogens (primary N) is 1. The van der Waals surface area contributed by atoms with Gasteiger partial charge in [0, 0.05) is 15.8 Å². The molecule has 0 aromatic heterocycles. The lowest BCUT2D eigenvalue weighted by Crippen LogP contribution is -2.23. The maximum Gasteiger partial charge on any atom is 0.252 e. The van der Waals surface area contributed by atoms with Crippen molar-refractivity contribution < 1.29 is 9.18 Å². The zero-order valence-electron chi connectivity index (χ0n) is 9.99. The van der Waals surface area contributed by atoms with E-state index in [-0.39, 0.29) is 11.7 Å². The second-order valence-electron chi connectivity index (χ2n) is 4.05. The van der Waals surface area contributed by atoms with E-state index < -0.39 is 0 Å².